The minimum atomic E-state index is -0.884. The van der Waals surface area contributed by atoms with Gasteiger partial charge in [0.1, 0.15) is 4.88 Å². The van der Waals surface area contributed by atoms with Gasteiger partial charge in [0.05, 0.1) is 5.69 Å². The van der Waals surface area contributed by atoms with Gasteiger partial charge in [-0.1, -0.05) is 30.6 Å². The number of carboxylic acids is 1. The van der Waals surface area contributed by atoms with E-state index in [4.69, 9.17) is 5.11 Å². The second-order valence-corrected chi connectivity index (χ2v) is 5.62. The summed E-state index contributed by atoms with van der Waals surface area (Å²) in [6.45, 7) is 2.66. The van der Waals surface area contributed by atoms with E-state index < -0.39 is 5.97 Å². The lowest BCUT2D eigenvalue weighted by Crippen LogP contribution is -2.16. The molecule has 1 aromatic rings. The predicted octanol–water partition coefficient (Wildman–Crippen LogP) is 3.14. The van der Waals surface area contributed by atoms with Gasteiger partial charge in [-0.3, -0.25) is 0 Å². The normalized spacial score (nSPS) is 17.0. The van der Waals surface area contributed by atoms with E-state index in [9.17, 15) is 4.79 Å². The molecule has 0 saturated heterocycles. The van der Waals surface area contributed by atoms with Crippen molar-refractivity contribution in [3.8, 4) is 0 Å². The highest BCUT2D eigenvalue weighted by molar-refractivity contribution is 7.17. The zero-order chi connectivity index (χ0) is 12.3. The average Bonchev–Trinajstić information content (AvgIpc) is 2.69. The number of rotatable bonds is 4. The van der Waals surface area contributed by atoms with Gasteiger partial charge < -0.3 is 10.4 Å². The van der Waals surface area contributed by atoms with Crippen LogP contribution in [0.1, 0.15) is 47.5 Å². The van der Waals surface area contributed by atoms with Crippen molar-refractivity contribution in [1.82, 2.24) is 4.98 Å². The second kappa shape index (κ2) is 5.49. The number of thiazole rings is 1. The Morgan fingerprint density at radius 1 is 1.47 bits per heavy atom. The number of hydrogen-bond acceptors (Lipinski definition) is 4. The summed E-state index contributed by atoms with van der Waals surface area (Å²) >= 11 is 1.23. The number of hydrogen-bond donors (Lipinski definition) is 2. The number of nitrogens with one attached hydrogen (secondary N) is 1. The highest BCUT2D eigenvalue weighted by Gasteiger charge is 2.16. The summed E-state index contributed by atoms with van der Waals surface area (Å²) in [5.74, 6) is -0.160. The summed E-state index contributed by atoms with van der Waals surface area (Å²) in [5.41, 5.74) is 0.605. The molecule has 0 spiro atoms. The maximum atomic E-state index is 10.9. The van der Waals surface area contributed by atoms with Gasteiger partial charge in [0.2, 0.25) is 0 Å². The fourth-order valence-electron chi connectivity index (χ4n) is 2.29. The third kappa shape index (κ3) is 3.19. The number of aromatic nitrogens is 1. The van der Waals surface area contributed by atoms with Crippen LogP contribution in [-0.4, -0.2) is 22.6 Å². The monoisotopic (exact) mass is 254 g/mol. The summed E-state index contributed by atoms with van der Waals surface area (Å²) in [6.07, 6.45) is 6.57. The lowest BCUT2D eigenvalue weighted by molar-refractivity contribution is 0.0701. The van der Waals surface area contributed by atoms with Crippen LogP contribution < -0.4 is 5.32 Å². The summed E-state index contributed by atoms with van der Waals surface area (Å²) < 4.78 is 0. The molecular formula is C12H18N2O2S. The minimum Gasteiger partial charge on any atom is -0.477 e. The maximum Gasteiger partial charge on any atom is 0.347 e. The first-order valence-corrected chi connectivity index (χ1v) is 6.93. The zero-order valence-electron chi connectivity index (χ0n) is 10.0. The Bertz CT molecular complexity index is 397. The van der Waals surface area contributed by atoms with Crippen molar-refractivity contribution in [2.24, 2.45) is 5.92 Å². The molecule has 1 saturated carbocycles. The first-order chi connectivity index (χ1) is 8.16. The standard InChI is InChI=1S/C12H18N2O2S/c1-8-10(11(15)16)17-12(14-8)13-7-9-5-3-2-4-6-9/h9H,2-7H2,1H3,(H,13,14)(H,15,16). The van der Waals surface area contributed by atoms with Crippen molar-refractivity contribution in [1.29, 1.82) is 0 Å². The fraction of sp³-hybridized carbons (Fsp3) is 0.667. The van der Waals surface area contributed by atoms with E-state index in [1.165, 1.54) is 43.4 Å². The van der Waals surface area contributed by atoms with Crippen molar-refractivity contribution in [3.05, 3.63) is 10.6 Å². The lowest BCUT2D eigenvalue weighted by Gasteiger charge is -2.21. The van der Waals surface area contributed by atoms with Crippen LogP contribution in [0.5, 0.6) is 0 Å². The molecule has 2 N–H and O–H groups in total. The van der Waals surface area contributed by atoms with Crippen LogP contribution in [0, 0.1) is 12.8 Å². The largest absolute Gasteiger partial charge is 0.477 e. The minimum absolute atomic E-state index is 0.344. The summed E-state index contributed by atoms with van der Waals surface area (Å²) in [6, 6.07) is 0. The first kappa shape index (κ1) is 12.4. The number of nitrogens with zero attached hydrogens (tertiary/aromatic N) is 1. The molecule has 0 amide bonds. The van der Waals surface area contributed by atoms with Gasteiger partial charge in [0.15, 0.2) is 5.13 Å². The van der Waals surface area contributed by atoms with Gasteiger partial charge in [-0.25, -0.2) is 9.78 Å². The predicted molar refractivity (Wildman–Crippen MR) is 68.9 cm³/mol. The molecule has 2 rings (SSSR count). The Morgan fingerprint density at radius 3 is 2.76 bits per heavy atom. The van der Waals surface area contributed by atoms with E-state index in [1.54, 1.807) is 6.92 Å². The van der Waals surface area contributed by atoms with Gasteiger partial charge in [0.25, 0.3) is 0 Å². The van der Waals surface area contributed by atoms with E-state index in [0.29, 0.717) is 10.6 Å². The van der Waals surface area contributed by atoms with Crippen LogP contribution in [0.3, 0.4) is 0 Å². The van der Waals surface area contributed by atoms with Crippen LogP contribution in [0.15, 0.2) is 0 Å². The molecule has 5 heteroatoms. The zero-order valence-corrected chi connectivity index (χ0v) is 10.8. The molecule has 0 aromatic carbocycles. The number of anilines is 1. The molecule has 1 heterocycles. The van der Waals surface area contributed by atoms with Gasteiger partial charge in [-0.05, 0) is 25.7 Å². The van der Waals surface area contributed by atoms with E-state index >= 15 is 0 Å². The average molecular weight is 254 g/mol. The first-order valence-electron chi connectivity index (χ1n) is 6.11. The molecule has 1 fully saturated rings. The van der Waals surface area contributed by atoms with E-state index in [1.807, 2.05) is 0 Å². The Hall–Kier alpha value is -1.10. The molecule has 0 unspecified atom stereocenters. The molecule has 1 aromatic heterocycles. The molecule has 4 nitrogen and oxygen atoms in total. The van der Waals surface area contributed by atoms with Crippen molar-refractivity contribution in [2.75, 3.05) is 11.9 Å². The second-order valence-electron chi connectivity index (χ2n) is 4.62. The van der Waals surface area contributed by atoms with E-state index in [0.717, 1.165) is 17.6 Å². The number of carbonyl (C=O) groups is 1. The van der Waals surface area contributed by atoms with Crippen LogP contribution >= 0.6 is 11.3 Å². The Balaban J connectivity index is 1.90. The van der Waals surface area contributed by atoms with Crippen LogP contribution in [0.25, 0.3) is 0 Å². The van der Waals surface area contributed by atoms with Crippen molar-refractivity contribution in [2.45, 2.75) is 39.0 Å². The van der Waals surface area contributed by atoms with Gasteiger partial charge >= 0.3 is 5.97 Å². The summed E-state index contributed by atoms with van der Waals surface area (Å²) in [4.78, 5) is 15.5. The number of carboxylic acid groups (broad SMARTS) is 1. The summed E-state index contributed by atoms with van der Waals surface area (Å²) in [7, 11) is 0. The maximum absolute atomic E-state index is 10.9. The molecule has 1 aliphatic rings. The molecule has 0 radical (unpaired) electrons. The van der Waals surface area contributed by atoms with E-state index in [2.05, 4.69) is 10.3 Å². The molecule has 0 aliphatic heterocycles. The topological polar surface area (TPSA) is 62.2 Å². The smallest absolute Gasteiger partial charge is 0.347 e. The lowest BCUT2D eigenvalue weighted by atomic mass is 9.89. The van der Waals surface area contributed by atoms with Crippen LogP contribution in [0.4, 0.5) is 5.13 Å². The molecule has 17 heavy (non-hydrogen) atoms. The van der Waals surface area contributed by atoms with Gasteiger partial charge in [-0.15, -0.1) is 0 Å². The van der Waals surface area contributed by atoms with Crippen molar-refractivity contribution < 1.29 is 9.90 Å². The highest BCUT2D eigenvalue weighted by Crippen LogP contribution is 2.26. The third-order valence-corrected chi connectivity index (χ3v) is 4.36. The third-order valence-electron chi connectivity index (χ3n) is 3.26. The van der Waals surface area contributed by atoms with Gasteiger partial charge in [0, 0.05) is 6.54 Å². The van der Waals surface area contributed by atoms with Crippen molar-refractivity contribution >= 4 is 22.4 Å². The molecule has 1 aliphatic carbocycles. The molecule has 0 bridgehead atoms. The molecule has 94 valence electrons. The molecule has 0 atom stereocenters. The quantitative estimate of drug-likeness (QED) is 0.866. The fourth-order valence-corrected chi connectivity index (χ4v) is 3.11. The summed E-state index contributed by atoms with van der Waals surface area (Å²) in [5, 5.41) is 13.0. The number of aryl methyl sites for hydroxylation is 1. The Labute approximate surface area is 105 Å². The van der Waals surface area contributed by atoms with E-state index in [-0.39, 0.29) is 0 Å². The Kier molecular flexibility index (Phi) is 3.99. The van der Waals surface area contributed by atoms with Crippen molar-refractivity contribution in [3.63, 3.8) is 0 Å². The van der Waals surface area contributed by atoms with Crippen LogP contribution in [-0.2, 0) is 0 Å². The van der Waals surface area contributed by atoms with Crippen LogP contribution in [0.2, 0.25) is 0 Å². The van der Waals surface area contributed by atoms with Gasteiger partial charge in [-0.2, -0.15) is 0 Å². The number of aromatic carboxylic acids is 1. The Morgan fingerprint density at radius 2 is 2.18 bits per heavy atom. The SMILES string of the molecule is Cc1nc(NCC2CCCCC2)sc1C(=O)O. The molecular weight excluding hydrogens is 236 g/mol. The highest BCUT2D eigenvalue weighted by atomic mass is 32.1.